The van der Waals surface area contributed by atoms with E-state index in [1.54, 1.807) is 0 Å². The Labute approximate surface area is 104 Å². The Hall–Kier alpha value is -0.770. The van der Waals surface area contributed by atoms with Crippen LogP contribution in [0.15, 0.2) is 0 Å². The lowest BCUT2D eigenvalue weighted by Crippen LogP contribution is -2.53. The molecule has 2 unspecified atom stereocenters. The Balaban J connectivity index is 1.94. The van der Waals surface area contributed by atoms with E-state index >= 15 is 0 Å². The van der Waals surface area contributed by atoms with Gasteiger partial charge in [0.25, 0.3) is 0 Å². The van der Waals surface area contributed by atoms with E-state index in [4.69, 9.17) is 4.74 Å². The van der Waals surface area contributed by atoms with Crippen molar-refractivity contribution in [3.05, 3.63) is 0 Å². The van der Waals surface area contributed by atoms with Gasteiger partial charge in [-0.05, 0) is 46.1 Å². The molecule has 0 spiro atoms. The minimum absolute atomic E-state index is 0.142. The maximum absolute atomic E-state index is 12.0. The molecule has 4 nitrogen and oxygen atoms in total. The number of nitrogens with zero attached hydrogens (tertiary/aromatic N) is 2. The summed E-state index contributed by atoms with van der Waals surface area (Å²) in [5, 5.41) is 0. The molecular formula is C13H24N2O2. The number of fused-ring (bicyclic) bond motifs is 2. The van der Waals surface area contributed by atoms with E-state index in [2.05, 4.69) is 11.9 Å². The largest absolute Gasteiger partial charge is 0.444 e. The minimum Gasteiger partial charge on any atom is -0.444 e. The number of hydrogen-bond acceptors (Lipinski definition) is 3. The van der Waals surface area contributed by atoms with Crippen LogP contribution in [0, 0.1) is 11.8 Å². The molecule has 2 aliphatic heterocycles. The zero-order chi connectivity index (χ0) is 12.6. The first-order valence-corrected chi connectivity index (χ1v) is 6.50. The van der Waals surface area contributed by atoms with Gasteiger partial charge in [0.1, 0.15) is 5.60 Å². The second kappa shape index (κ2) is 4.48. The number of amides is 1. The molecule has 0 aromatic heterocycles. The molecule has 0 radical (unpaired) electrons. The number of carbonyl (C=O) groups is 1. The molecule has 0 aromatic carbocycles. The van der Waals surface area contributed by atoms with E-state index < -0.39 is 0 Å². The summed E-state index contributed by atoms with van der Waals surface area (Å²) in [5.41, 5.74) is -0.388. The number of carbonyl (C=O) groups excluding carboxylic acids is 1. The third-order valence-electron chi connectivity index (χ3n) is 3.42. The van der Waals surface area contributed by atoms with Gasteiger partial charge in [-0.1, -0.05) is 0 Å². The molecule has 17 heavy (non-hydrogen) atoms. The lowest BCUT2D eigenvalue weighted by atomic mass is 9.85. The Morgan fingerprint density at radius 3 is 2.12 bits per heavy atom. The Morgan fingerprint density at radius 2 is 1.65 bits per heavy atom. The Morgan fingerprint density at radius 1 is 1.12 bits per heavy atom. The number of ether oxygens (including phenoxy) is 1. The molecule has 2 bridgehead atoms. The van der Waals surface area contributed by atoms with Gasteiger partial charge in [-0.2, -0.15) is 0 Å². The van der Waals surface area contributed by atoms with Gasteiger partial charge in [-0.3, -0.25) is 0 Å². The highest BCUT2D eigenvalue weighted by atomic mass is 16.6. The summed E-state index contributed by atoms with van der Waals surface area (Å²) in [6.45, 7) is 9.69. The monoisotopic (exact) mass is 240 g/mol. The minimum atomic E-state index is -0.388. The van der Waals surface area contributed by atoms with Crippen molar-refractivity contribution >= 4 is 6.09 Å². The number of rotatable bonds is 0. The second-order valence-corrected chi connectivity index (χ2v) is 6.57. The molecule has 2 fully saturated rings. The maximum Gasteiger partial charge on any atom is 0.410 e. The van der Waals surface area contributed by atoms with Crippen LogP contribution < -0.4 is 0 Å². The molecule has 0 N–H and O–H groups in total. The molecule has 0 saturated carbocycles. The second-order valence-electron chi connectivity index (χ2n) is 6.57. The van der Waals surface area contributed by atoms with Crippen molar-refractivity contribution in [2.24, 2.45) is 11.8 Å². The maximum atomic E-state index is 12.0. The summed E-state index contributed by atoms with van der Waals surface area (Å²) >= 11 is 0. The summed E-state index contributed by atoms with van der Waals surface area (Å²) in [6.07, 6.45) is 1.13. The average Bonchev–Trinajstić information content (AvgIpc) is 2.12. The van der Waals surface area contributed by atoms with E-state index in [-0.39, 0.29) is 11.7 Å². The van der Waals surface area contributed by atoms with Crippen molar-refractivity contribution in [2.45, 2.75) is 32.8 Å². The highest BCUT2D eigenvalue weighted by molar-refractivity contribution is 5.68. The van der Waals surface area contributed by atoms with Gasteiger partial charge in [-0.15, -0.1) is 0 Å². The quantitative estimate of drug-likeness (QED) is 0.647. The van der Waals surface area contributed by atoms with Gasteiger partial charge in [0.05, 0.1) is 0 Å². The van der Waals surface area contributed by atoms with Gasteiger partial charge in [0.15, 0.2) is 0 Å². The first kappa shape index (κ1) is 12.7. The van der Waals surface area contributed by atoms with Crippen LogP contribution >= 0.6 is 0 Å². The van der Waals surface area contributed by atoms with Crippen LogP contribution in [-0.2, 0) is 4.74 Å². The van der Waals surface area contributed by atoms with Crippen molar-refractivity contribution in [1.29, 1.82) is 0 Å². The average molecular weight is 240 g/mol. The predicted molar refractivity (Wildman–Crippen MR) is 66.9 cm³/mol. The molecule has 2 saturated heterocycles. The molecule has 2 atom stereocenters. The van der Waals surface area contributed by atoms with Crippen molar-refractivity contribution in [1.82, 2.24) is 9.80 Å². The van der Waals surface area contributed by atoms with Crippen LogP contribution in [0.2, 0.25) is 0 Å². The third kappa shape index (κ3) is 3.35. The number of piperidine rings is 2. The van der Waals surface area contributed by atoms with E-state index in [1.807, 2.05) is 25.7 Å². The van der Waals surface area contributed by atoms with Crippen molar-refractivity contribution in [3.63, 3.8) is 0 Å². The molecule has 0 aliphatic carbocycles. The standard InChI is InChI=1S/C13H24N2O2/c1-13(2,3)17-12(16)15-8-10-5-11(9-15)7-14(4)6-10/h10-11H,5-9H2,1-4H3. The molecule has 1 amide bonds. The lowest BCUT2D eigenvalue weighted by molar-refractivity contribution is -0.00598. The zero-order valence-electron chi connectivity index (χ0n) is 11.4. The summed E-state index contributed by atoms with van der Waals surface area (Å²) in [7, 11) is 2.17. The normalized spacial score (nSPS) is 30.2. The van der Waals surface area contributed by atoms with E-state index in [0.29, 0.717) is 11.8 Å². The van der Waals surface area contributed by atoms with Crippen LogP contribution in [-0.4, -0.2) is 54.7 Å². The summed E-state index contributed by atoms with van der Waals surface area (Å²) in [4.78, 5) is 16.3. The third-order valence-corrected chi connectivity index (χ3v) is 3.42. The van der Waals surface area contributed by atoms with Crippen LogP contribution in [0.1, 0.15) is 27.2 Å². The van der Waals surface area contributed by atoms with E-state index in [9.17, 15) is 4.79 Å². The molecular weight excluding hydrogens is 216 g/mol. The van der Waals surface area contributed by atoms with Crippen molar-refractivity contribution < 1.29 is 9.53 Å². The van der Waals surface area contributed by atoms with E-state index in [1.165, 1.54) is 6.42 Å². The number of hydrogen-bond donors (Lipinski definition) is 0. The Bertz CT molecular complexity index is 280. The molecule has 2 heterocycles. The first-order valence-electron chi connectivity index (χ1n) is 6.50. The van der Waals surface area contributed by atoms with Gasteiger partial charge in [0, 0.05) is 26.2 Å². The van der Waals surface area contributed by atoms with Gasteiger partial charge in [-0.25, -0.2) is 4.79 Å². The highest BCUT2D eigenvalue weighted by Crippen LogP contribution is 2.28. The molecule has 2 aliphatic rings. The van der Waals surface area contributed by atoms with Gasteiger partial charge in [0.2, 0.25) is 0 Å². The van der Waals surface area contributed by atoms with Gasteiger partial charge < -0.3 is 14.5 Å². The number of likely N-dealkylation sites (tertiary alicyclic amines) is 2. The Kier molecular flexibility index (Phi) is 3.34. The molecule has 2 rings (SSSR count). The SMILES string of the molecule is CN1CC2CC(C1)CN(C(=O)OC(C)(C)C)C2. The fourth-order valence-corrected chi connectivity index (χ4v) is 3.01. The molecule has 98 valence electrons. The summed E-state index contributed by atoms with van der Waals surface area (Å²) in [6, 6.07) is 0. The first-order chi connectivity index (χ1) is 7.83. The smallest absolute Gasteiger partial charge is 0.410 e. The van der Waals surface area contributed by atoms with Gasteiger partial charge >= 0.3 is 6.09 Å². The lowest BCUT2D eigenvalue weighted by Gasteiger charge is -2.44. The fourth-order valence-electron chi connectivity index (χ4n) is 3.01. The molecule has 4 heteroatoms. The topological polar surface area (TPSA) is 32.8 Å². The highest BCUT2D eigenvalue weighted by Gasteiger charge is 2.36. The van der Waals surface area contributed by atoms with Crippen LogP contribution in [0.3, 0.4) is 0 Å². The zero-order valence-corrected chi connectivity index (χ0v) is 11.4. The van der Waals surface area contributed by atoms with E-state index in [0.717, 1.165) is 26.2 Å². The van der Waals surface area contributed by atoms with Crippen molar-refractivity contribution in [2.75, 3.05) is 33.2 Å². The summed E-state index contributed by atoms with van der Waals surface area (Å²) in [5.74, 6) is 1.25. The predicted octanol–water partition coefficient (Wildman–Crippen LogP) is 1.80. The van der Waals surface area contributed by atoms with Crippen molar-refractivity contribution in [3.8, 4) is 0 Å². The molecule has 0 aromatic rings. The van der Waals surface area contributed by atoms with Crippen LogP contribution in [0.25, 0.3) is 0 Å². The van der Waals surface area contributed by atoms with Crippen LogP contribution in [0.5, 0.6) is 0 Å². The summed E-state index contributed by atoms with van der Waals surface area (Å²) < 4.78 is 5.44. The van der Waals surface area contributed by atoms with Crippen LogP contribution in [0.4, 0.5) is 4.79 Å². The fraction of sp³-hybridized carbons (Fsp3) is 0.923.